The number of nitrogens with zero attached hydrogens (tertiary/aromatic N) is 2. The molecule has 1 aliphatic carbocycles. The molecule has 0 aromatic carbocycles. The first-order chi connectivity index (χ1) is 8.28. The molecule has 0 aliphatic heterocycles. The third-order valence-electron chi connectivity index (χ3n) is 2.62. The van der Waals surface area contributed by atoms with Crippen LogP contribution in [0.15, 0.2) is 18.3 Å². The topological polar surface area (TPSA) is 77.8 Å². The van der Waals surface area contributed by atoms with Gasteiger partial charge in [0.2, 0.25) is 5.91 Å². The van der Waals surface area contributed by atoms with Crippen LogP contribution in [0.3, 0.4) is 0 Å². The molecule has 0 radical (unpaired) electrons. The van der Waals surface area contributed by atoms with E-state index in [0.29, 0.717) is 11.6 Å². The fraction of sp³-hybridized carbons (Fsp3) is 0.417. The Bertz CT molecular complexity index is 431. The quantitative estimate of drug-likeness (QED) is 0.787. The van der Waals surface area contributed by atoms with Crippen LogP contribution in [0.25, 0.3) is 0 Å². The summed E-state index contributed by atoms with van der Waals surface area (Å²) in [7, 11) is 0. The average Bonchev–Trinajstić information content (AvgIpc) is 3.18. The summed E-state index contributed by atoms with van der Waals surface area (Å²) < 4.78 is 0. The number of amides is 1. The van der Waals surface area contributed by atoms with Crippen molar-refractivity contribution in [3.8, 4) is 6.07 Å². The monoisotopic (exact) mass is 230 g/mol. The first-order valence-corrected chi connectivity index (χ1v) is 5.64. The normalized spacial score (nSPS) is 13.8. The standard InChI is InChI=1S/C12H14N4O/c13-5-10-3-4-11(7-14-10)15-8-12(17)16-6-9-1-2-9/h3-4,7,9,15H,1-2,6,8H2,(H,16,17). The fourth-order valence-corrected chi connectivity index (χ4v) is 1.39. The molecule has 1 saturated carbocycles. The van der Waals surface area contributed by atoms with Crippen molar-refractivity contribution in [1.29, 1.82) is 5.26 Å². The van der Waals surface area contributed by atoms with E-state index in [4.69, 9.17) is 5.26 Å². The highest BCUT2D eigenvalue weighted by atomic mass is 16.1. The molecule has 1 fully saturated rings. The number of hydrogen-bond acceptors (Lipinski definition) is 4. The van der Waals surface area contributed by atoms with Gasteiger partial charge in [-0.25, -0.2) is 4.98 Å². The van der Waals surface area contributed by atoms with E-state index in [-0.39, 0.29) is 12.5 Å². The van der Waals surface area contributed by atoms with E-state index in [1.165, 1.54) is 12.8 Å². The lowest BCUT2D eigenvalue weighted by Gasteiger charge is -2.06. The van der Waals surface area contributed by atoms with Gasteiger partial charge in [0.05, 0.1) is 18.4 Å². The van der Waals surface area contributed by atoms with Gasteiger partial charge in [-0.1, -0.05) is 0 Å². The van der Waals surface area contributed by atoms with E-state index >= 15 is 0 Å². The van der Waals surface area contributed by atoms with Crippen molar-refractivity contribution < 1.29 is 4.79 Å². The van der Waals surface area contributed by atoms with Gasteiger partial charge in [-0.3, -0.25) is 4.79 Å². The second-order valence-electron chi connectivity index (χ2n) is 4.14. The molecule has 5 heteroatoms. The van der Waals surface area contributed by atoms with Gasteiger partial charge in [0.15, 0.2) is 0 Å². The van der Waals surface area contributed by atoms with Crippen LogP contribution in [0, 0.1) is 17.2 Å². The van der Waals surface area contributed by atoms with Crippen LogP contribution < -0.4 is 10.6 Å². The van der Waals surface area contributed by atoms with Gasteiger partial charge in [0.25, 0.3) is 0 Å². The van der Waals surface area contributed by atoms with Gasteiger partial charge < -0.3 is 10.6 Å². The van der Waals surface area contributed by atoms with Crippen molar-refractivity contribution in [2.45, 2.75) is 12.8 Å². The fourth-order valence-electron chi connectivity index (χ4n) is 1.39. The summed E-state index contributed by atoms with van der Waals surface area (Å²) in [5.74, 6) is 0.678. The van der Waals surface area contributed by atoms with Gasteiger partial charge in [0, 0.05) is 6.54 Å². The predicted octanol–water partition coefficient (Wildman–Crippen LogP) is 0.891. The Morgan fingerprint density at radius 2 is 2.35 bits per heavy atom. The molecule has 0 saturated heterocycles. The van der Waals surface area contributed by atoms with Crippen molar-refractivity contribution >= 4 is 11.6 Å². The van der Waals surface area contributed by atoms with Crippen LogP contribution in [-0.4, -0.2) is 24.0 Å². The average molecular weight is 230 g/mol. The summed E-state index contributed by atoms with van der Waals surface area (Å²) in [4.78, 5) is 15.3. The Balaban J connectivity index is 1.72. The number of rotatable bonds is 5. The van der Waals surface area contributed by atoms with E-state index in [9.17, 15) is 4.79 Å². The molecule has 88 valence electrons. The Hall–Kier alpha value is -2.09. The number of pyridine rings is 1. The molecule has 2 rings (SSSR count). The van der Waals surface area contributed by atoms with E-state index in [1.807, 2.05) is 6.07 Å². The van der Waals surface area contributed by atoms with Crippen molar-refractivity contribution in [3.63, 3.8) is 0 Å². The number of anilines is 1. The van der Waals surface area contributed by atoms with E-state index in [0.717, 1.165) is 12.2 Å². The third kappa shape index (κ3) is 3.76. The van der Waals surface area contributed by atoms with Gasteiger partial charge in [-0.05, 0) is 30.9 Å². The zero-order valence-electron chi connectivity index (χ0n) is 9.44. The number of carbonyl (C=O) groups is 1. The van der Waals surface area contributed by atoms with E-state index in [2.05, 4.69) is 15.6 Å². The zero-order valence-corrected chi connectivity index (χ0v) is 9.44. The Kier molecular flexibility index (Phi) is 3.55. The molecule has 17 heavy (non-hydrogen) atoms. The highest BCUT2D eigenvalue weighted by molar-refractivity contribution is 5.80. The summed E-state index contributed by atoms with van der Waals surface area (Å²) in [5, 5.41) is 14.4. The van der Waals surface area contributed by atoms with Crippen LogP contribution in [0.2, 0.25) is 0 Å². The maximum Gasteiger partial charge on any atom is 0.239 e. The molecule has 0 atom stereocenters. The molecule has 5 nitrogen and oxygen atoms in total. The molecule has 2 N–H and O–H groups in total. The summed E-state index contributed by atoms with van der Waals surface area (Å²) in [6.07, 6.45) is 4.01. The molecule has 0 bridgehead atoms. The number of hydrogen-bond donors (Lipinski definition) is 2. The first kappa shape index (κ1) is 11.4. The van der Waals surface area contributed by atoms with Gasteiger partial charge in [-0.2, -0.15) is 5.26 Å². The molecular weight excluding hydrogens is 216 g/mol. The Labute approximate surface area is 99.9 Å². The highest BCUT2D eigenvalue weighted by Gasteiger charge is 2.21. The summed E-state index contributed by atoms with van der Waals surface area (Å²) in [6, 6.07) is 5.29. The Morgan fingerprint density at radius 3 is 2.94 bits per heavy atom. The molecule has 1 aromatic heterocycles. The lowest BCUT2D eigenvalue weighted by Crippen LogP contribution is -2.31. The van der Waals surface area contributed by atoms with Crippen molar-refractivity contribution in [3.05, 3.63) is 24.0 Å². The molecule has 0 spiro atoms. The lowest BCUT2D eigenvalue weighted by molar-refractivity contribution is -0.119. The van der Waals surface area contributed by atoms with Crippen LogP contribution in [0.4, 0.5) is 5.69 Å². The van der Waals surface area contributed by atoms with E-state index in [1.54, 1.807) is 18.3 Å². The molecule has 0 unspecified atom stereocenters. The molecule has 1 aromatic rings. The minimum absolute atomic E-state index is 0.0127. The number of nitrogens with one attached hydrogen (secondary N) is 2. The summed E-state index contributed by atoms with van der Waals surface area (Å²) in [5.41, 5.74) is 1.11. The molecule has 1 aliphatic rings. The van der Waals surface area contributed by atoms with Gasteiger partial charge in [-0.15, -0.1) is 0 Å². The maximum absolute atomic E-state index is 11.4. The second-order valence-corrected chi connectivity index (χ2v) is 4.14. The highest BCUT2D eigenvalue weighted by Crippen LogP contribution is 2.27. The van der Waals surface area contributed by atoms with E-state index < -0.39 is 0 Å². The van der Waals surface area contributed by atoms with Crippen LogP contribution in [0.1, 0.15) is 18.5 Å². The number of aromatic nitrogens is 1. The zero-order chi connectivity index (χ0) is 12.1. The SMILES string of the molecule is N#Cc1ccc(NCC(=O)NCC2CC2)cn1. The van der Waals surface area contributed by atoms with Gasteiger partial charge in [0.1, 0.15) is 11.8 Å². The predicted molar refractivity (Wildman–Crippen MR) is 63.2 cm³/mol. The maximum atomic E-state index is 11.4. The summed E-state index contributed by atoms with van der Waals surface area (Å²) in [6.45, 7) is 1.02. The van der Waals surface area contributed by atoms with Crippen molar-refractivity contribution in [1.82, 2.24) is 10.3 Å². The molecule has 1 heterocycles. The minimum Gasteiger partial charge on any atom is -0.375 e. The van der Waals surface area contributed by atoms with Crippen molar-refractivity contribution in [2.24, 2.45) is 5.92 Å². The lowest BCUT2D eigenvalue weighted by atomic mass is 10.3. The van der Waals surface area contributed by atoms with Gasteiger partial charge >= 0.3 is 0 Å². The first-order valence-electron chi connectivity index (χ1n) is 5.64. The summed E-state index contributed by atoms with van der Waals surface area (Å²) >= 11 is 0. The minimum atomic E-state index is -0.0127. The van der Waals surface area contributed by atoms with Crippen LogP contribution in [-0.2, 0) is 4.79 Å². The number of nitriles is 1. The van der Waals surface area contributed by atoms with Crippen molar-refractivity contribution in [2.75, 3.05) is 18.4 Å². The third-order valence-corrected chi connectivity index (χ3v) is 2.62. The van der Waals surface area contributed by atoms with Crippen LogP contribution >= 0.6 is 0 Å². The molecule has 1 amide bonds. The molecular formula is C12H14N4O. The second kappa shape index (κ2) is 5.30. The van der Waals surface area contributed by atoms with Crippen LogP contribution in [0.5, 0.6) is 0 Å². The Morgan fingerprint density at radius 1 is 1.53 bits per heavy atom. The number of carbonyl (C=O) groups excluding carboxylic acids is 1. The smallest absolute Gasteiger partial charge is 0.239 e. The largest absolute Gasteiger partial charge is 0.375 e.